The molecule has 1 aromatic heterocycles. The van der Waals surface area contributed by atoms with Gasteiger partial charge in [0.05, 0.1) is 17.3 Å². The zero-order chi connectivity index (χ0) is 15.5. The summed E-state index contributed by atoms with van der Waals surface area (Å²) in [7, 11) is 1.60. The number of carbonyl (C=O) groups excluding carboxylic acids is 1. The highest BCUT2D eigenvalue weighted by atomic mass is 35.5. The quantitative estimate of drug-likeness (QED) is 0.679. The fourth-order valence-corrected chi connectivity index (χ4v) is 4.14. The number of fused-ring (bicyclic) bond motifs is 2. The Kier molecular flexibility index (Phi) is 2.90. The van der Waals surface area contributed by atoms with Gasteiger partial charge in [-0.1, -0.05) is 11.6 Å². The summed E-state index contributed by atoms with van der Waals surface area (Å²) in [6.07, 6.45) is 2.99. The molecule has 4 rings (SSSR count). The molecule has 2 amide bonds. The third-order valence-corrected chi connectivity index (χ3v) is 5.25. The number of urea groups is 1. The van der Waals surface area contributed by atoms with E-state index in [-0.39, 0.29) is 12.1 Å². The maximum atomic E-state index is 11.4. The topological polar surface area (TPSA) is 90.0 Å². The highest BCUT2D eigenvalue weighted by Gasteiger charge is 2.62. The van der Waals surface area contributed by atoms with Crippen molar-refractivity contribution in [1.82, 2.24) is 20.8 Å². The molecule has 2 aliphatic carbocycles. The van der Waals surface area contributed by atoms with E-state index >= 15 is 0 Å². The van der Waals surface area contributed by atoms with Gasteiger partial charge in [0.15, 0.2) is 0 Å². The number of nitrogens with zero attached hydrogens (tertiary/aromatic N) is 1. The number of aromatic nitrogens is 2. The van der Waals surface area contributed by atoms with Crippen LogP contribution in [0.15, 0.2) is 18.3 Å². The smallest absolute Gasteiger partial charge is 0.314 e. The number of aromatic amines is 1. The van der Waals surface area contributed by atoms with Gasteiger partial charge >= 0.3 is 6.03 Å². The Labute approximate surface area is 132 Å². The number of halogens is 1. The standard InChI is InChI=1S/C15H17ClN4O2/c1-17-14(21)19-13-8-4-15(22,5-9(8)13)11-2-7(16)3-12-10(11)6-18-20-12/h2-3,6,8-9,13,22H,4-5H2,1H3,(H,18,20)(H2,17,19,21)/t8-,9+,13-,15+. The van der Waals surface area contributed by atoms with Crippen molar-refractivity contribution in [2.75, 3.05) is 7.05 Å². The second-order valence-electron chi connectivity index (χ2n) is 6.30. The van der Waals surface area contributed by atoms with Crippen molar-refractivity contribution in [3.05, 3.63) is 28.9 Å². The lowest BCUT2D eigenvalue weighted by atomic mass is 9.86. The monoisotopic (exact) mass is 320 g/mol. The van der Waals surface area contributed by atoms with Crippen LogP contribution in [0, 0.1) is 11.8 Å². The van der Waals surface area contributed by atoms with Gasteiger partial charge in [-0.2, -0.15) is 5.10 Å². The Hall–Kier alpha value is -1.79. The molecule has 4 atom stereocenters. The molecule has 2 aliphatic rings. The van der Waals surface area contributed by atoms with Crippen LogP contribution in [-0.2, 0) is 5.60 Å². The molecule has 6 nitrogen and oxygen atoms in total. The van der Waals surface area contributed by atoms with Gasteiger partial charge in [-0.15, -0.1) is 0 Å². The zero-order valence-electron chi connectivity index (χ0n) is 12.1. The summed E-state index contributed by atoms with van der Waals surface area (Å²) in [5, 5.41) is 25.0. The number of hydrogen-bond donors (Lipinski definition) is 4. The number of nitrogens with one attached hydrogen (secondary N) is 3. The summed E-state index contributed by atoms with van der Waals surface area (Å²) in [5.41, 5.74) is 0.759. The number of hydrogen-bond acceptors (Lipinski definition) is 3. The summed E-state index contributed by atoms with van der Waals surface area (Å²) < 4.78 is 0. The van der Waals surface area contributed by atoms with E-state index < -0.39 is 5.60 Å². The van der Waals surface area contributed by atoms with Crippen molar-refractivity contribution >= 4 is 28.5 Å². The first-order valence-corrected chi connectivity index (χ1v) is 7.73. The minimum Gasteiger partial charge on any atom is -0.385 e. The van der Waals surface area contributed by atoms with Gasteiger partial charge in [0.25, 0.3) is 0 Å². The van der Waals surface area contributed by atoms with Crippen LogP contribution in [-0.4, -0.2) is 34.4 Å². The minimum atomic E-state index is -0.900. The average molecular weight is 321 g/mol. The van der Waals surface area contributed by atoms with E-state index in [1.165, 1.54) is 0 Å². The Morgan fingerprint density at radius 2 is 2.18 bits per heavy atom. The van der Waals surface area contributed by atoms with Crippen LogP contribution < -0.4 is 10.6 Å². The summed E-state index contributed by atoms with van der Waals surface area (Å²) in [6.45, 7) is 0. The average Bonchev–Trinajstić information content (AvgIpc) is 2.86. The van der Waals surface area contributed by atoms with Crippen molar-refractivity contribution in [2.24, 2.45) is 11.8 Å². The van der Waals surface area contributed by atoms with Crippen molar-refractivity contribution in [1.29, 1.82) is 0 Å². The summed E-state index contributed by atoms with van der Waals surface area (Å²) >= 11 is 6.16. The predicted molar refractivity (Wildman–Crippen MR) is 82.6 cm³/mol. The molecule has 116 valence electrons. The Morgan fingerprint density at radius 1 is 1.45 bits per heavy atom. The van der Waals surface area contributed by atoms with E-state index in [9.17, 15) is 9.90 Å². The minimum absolute atomic E-state index is 0.164. The SMILES string of the molecule is CNC(=O)N[C@@H]1[C@@H]2C[C@@](O)(c3cc(Cl)cc4[nH]ncc34)C[C@@H]21. The van der Waals surface area contributed by atoms with Crippen LogP contribution in [0.5, 0.6) is 0 Å². The van der Waals surface area contributed by atoms with Gasteiger partial charge in [-0.05, 0) is 42.4 Å². The van der Waals surface area contributed by atoms with Crippen molar-refractivity contribution in [2.45, 2.75) is 24.5 Å². The van der Waals surface area contributed by atoms with Gasteiger partial charge in [0.1, 0.15) is 0 Å². The molecule has 0 aliphatic heterocycles. The molecule has 0 unspecified atom stereocenters. The maximum Gasteiger partial charge on any atom is 0.314 e. The van der Waals surface area contributed by atoms with E-state index in [0.717, 1.165) is 16.5 Å². The van der Waals surface area contributed by atoms with E-state index in [1.54, 1.807) is 13.2 Å². The first-order valence-electron chi connectivity index (χ1n) is 7.35. The molecule has 0 saturated heterocycles. The fraction of sp³-hybridized carbons (Fsp3) is 0.467. The summed E-state index contributed by atoms with van der Waals surface area (Å²) in [4.78, 5) is 11.4. The second-order valence-corrected chi connectivity index (χ2v) is 6.74. The van der Waals surface area contributed by atoms with Gasteiger partial charge in [0, 0.05) is 23.5 Å². The molecular weight excluding hydrogens is 304 g/mol. The first-order chi connectivity index (χ1) is 10.5. The molecule has 2 saturated carbocycles. The molecule has 1 heterocycles. The van der Waals surface area contributed by atoms with Crippen LogP contribution >= 0.6 is 11.6 Å². The number of carbonyl (C=O) groups is 1. The lowest BCUT2D eigenvalue weighted by molar-refractivity contribution is 0.0299. The van der Waals surface area contributed by atoms with Crippen LogP contribution in [0.3, 0.4) is 0 Å². The molecule has 7 heteroatoms. The van der Waals surface area contributed by atoms with Crippen LogP contribution in [0.25, 0.3) is 10.9 Å². The predicted octanol–water partition coefficient (Wildman–Crippen LogP) is 1.74. The second kappa shape index (κ2) is 4.60. The molecular formula is C15H17ClN4O2. The van der Waals surface area contributed by atoms with E-state index in [4.69, 9.17) is 11.6 Å². The third-order valence-electron chi connectivity index (χ3n) is 5.03. The van der Waals surface area contributed by atoms with Crippen molar-refractivity contribution < 1.29 is 9.90 Å². The Morgan fingerprint density at radius 3 is 2.86 bits per heavy atom. The number of benzene rings is 1. The van der Waals surface area contributed by atoms with E-state index in [1.807, 2.05) is 12.1 Å². The molecule has 22 heavy (non-hydrogen) atoms. The number of rotatable bonds is 2. The van der Waals surface area contributed by atoms with Crippen molar-refractivity contribution in [3.8, 4) is 0 Å². The van der Waals surface area contributed by atoms with Crippen molar-refractivity contribution in [3.63, 3.8) is 0 Å². The summed E-state index contributed by atoms with van der Waals surface area (Å²) in [6, 6.07) is 3.63. The van der Waals surface area contributed by atoms with E-state index in [2.05, 4.69) is 20.8 Å². The lowest BCUT2D eigenvalue weighted by Gasteiger charge is -2.27. The maximum absolute atomic E-state index is 11.4. The number of amides is 2. The Balaban J connectivity index is 1.60. The Bertz CT molecular complexity index is 747. The van der Waals surface area contributed by atoms with Gasteiger partial charge in [-0.3, -0.25) is 5.10 Å². The van der Waals surface area contributed by atoms with Gasteiger partial charge in [-0.25, -0.2) is 4.79 Å². The van der Waals surface area contributed by atoms with Crippen LogP contribution in [0.1, 0.15) is 18.4 Å². The van der Waals surface area contributed by atoms with Gasteiger partial charge in [0.2, 0.25) is 0 Å². The molecule has 0 radical (unpaired) electrons. The molecule has 4 N–H and O–H groups in total. The molecule has 2 fully saturated rings. The van der Waals surface area contributed by atoms with Crippen LogP contribution in [0.4, 0.5) is 4.79 Å². The lowest BCUT2D eigenvalue weighted by Crippen LogP contribution is -2.38. The fourth-order valence-electron chi connectivity index (χ4n) is 3.92. The molecule has 1 aromatic carbocycles. The number of aliphatic hydroxyl groups is 1. The molecule has 0 spiro atoms. The van der Waals surface area contributed by atoms with Gasteiger partial charge < -0.3 is 15.7 Å². The largest absolute Gasteiger partial charge is 0.385 e. The van der Waals surface area contributed by atoms with E-state index in [0.29, 0.717) is 29.7 Å². The normalized spacial score (nSPS) is 32.8. The molecule has 0 bridgehead atoms. The third kappa shape index (κ3) is 1.98. The highest BCUT2D eigenvalue weighted by Crippen LogP contribution is 2.60. The summed E-state index contributed by atoms with van der Waals surface area (Å²) in [5.74, 6) is 0.645. The van der Waals surface area contributed by atoms with Crippen LogP contribution in [0.2, 0.25) is 5.02 Å². The highest BCUT2D eigenvalue weighted by molar-refractivity contribution is 6.31. The molecule has 2 aromatic rings. The first kappa shape index (κ1) is 13.8. The zero-order valence-corrected chi connectivity index (χ0v) is 12.8. The number of H-pyrrole nitrogens is 1.